The van der Waals surface area contributed by atoms with E-state index < -0.39 is 17.8 Å². The largest absolute Gasteiger partial charge is 0.416 e. The molecule has 3 aromatic rings. The van der Waals surface area contributed by atoms with E-state index in [0.717, 1.165) is 12.1 Å². The molecule has 31 heavy (non-hydrogen) atoms. The second kappa shape index (κ2) is 7.91. The molecule has 0 N–H and O–H groups in total. The van der Waals surface area contributed by atoms with Crippen LogP contribution in [0.25, 0.3) is 0 Å². The van der Waals surface area contributed by atoms with Gasteiger partial charge in [0.25, 0.3) is 5.91 Å². The molecule has 3 aromatic carbocycles. The third-order valence-electron chi connectivity index (χ3n) is 5.30. The number of alkyl halides is 3. The molecule has 158 valence electrons. The lowest BCUT2D eigenvalue weighted by atomic mass is 10.0. The topological polar surface area (TPSA) is 40.6 Å². The number of para-hydroxylation sites is 2. The monoisotopic (exact) mass is 424 g/mol. The molecule has 4 rings (SSSR count). The Hall–Kier alpha value is -3.61. The molecule has 0 saturated carbocycles. The maximum absolute atomic E-state index is 13.2. The van der Waals surface area contributed by atoms with Crippen LogP contribution >= 0.6 is 0 Å². The zero-order chi connectivity index (χ0) is 22.2. The Kier molecular flexibility index (Phi) is 5.27. The number of fused-ring (bicyclic) bond motifs is 1. The molecule has 0 spiro atoms. The summed E-state index contributed by atoms with van der Waals surface area (Å²) in [5, 5.41) is 0. The Balaban J connectivity index is 1.69. The number of carbonyl (C=O) groups excluding carboxylic acids is 2. The van der Waals surface area contributed by atoms with Crippen LogP contribution in [0.5, 0.6) is 0 Å². The van der Waals surface area contributed by atoms with Crippen LogP contribution in [0, 0.1) is 0 Å². The van der Waals surface area contributed by atoms with E-state index in [1.165, 1.54) is 21.9 Å². The molecule has 1 aliphatic heterocycles. The van der Waals surface area contributed by atoms with Gasteiger partial charge in [-0.25, -0.2) is 0 Å². The molecule has 7 heteroatoms. The zero-order valence-corrected chi connectivity index (χ0v) is 16.6. The minimum atomic E-state index is -4.42. The Labute approximate surface area is 177 Å². The van der Waals surface area contributed by atoms with E-state index in [1.807, 2.05) is 0 Å². The molecule has 0 bridgehead atoms. The number of rotatable bonds is 3. The average molecular weight is 424 g/mol. The molecular weight excluding hydrogens is 405 g/mol. The highest BCUT2D eigenvalue weighted by Crippen LogP contribution is 2.38. The molecule has 0 aliphatic carbocycles. The molecule has 1 aliphatic rings. The van der Waals surface area contributed by atoms with Crippen molar-refractivity contribution < 1.29 is 22.8 Å². The van der Waals surface area contributed by atoms with Gasteiger partial charge in [-0.3, -0.25) is 14.5 Å². The van der Waals surface area contributed by atoms with Crippen molar-refractivity contribution in [2.75, 3.05) is 9.80 Å². The quantitative estimate of drug-likeness (QED) is 0.574. The van der Waals surface area contributed by atoms with E-state index in [-0.39, 0.29) is 18.4 Å². The number of halogens is 3. The minimum absolute atomic E-state index is 0.103. The second-order valence-electron chi connectivity index (χ2n) is 7.32. The lowest BCUT2D eigenvalue weighted by molar-refractivity contribution is -0.137. The first-order chi connectivity index (χ1) is 14.8. The number of amides is 2. The van der Waals surface area contributed by atoms with Crippen molar-refractivity contribution in [3.05, 3.63) is 95.6 Å². The van der Waals surface area contributed by atoms with Crippen LogP contribution in [0.3, 0.4) is 0 Å². The van der Waals surface area contributed by atoms with Crippen LogP contribution in [0.15, 0.2) is 78.9 Å². The van der Waals surface area contributed by atoms with Crippen molar-refractivity contribution in [3.8, 4) is 0 Å². The molecule has 0 saturated heterocycles. The Bertz CT molecular complexity index is 1110. The van der Waals surface area contributed by atoms with E-state index in [1.54, 1.807) is 61.5 Å². The molecule has 0 unspecified atom stereocenters. The third-order valence-corrected chi connectivity index (χ3v) is 5.30. The molecule has 0 radical (unpaired) electrons. The SMILES string of the molecule is C[C@H]1C(=O)N(Cc2ccc(C(F)(F)F)cc2)c2ccccc2N1C(=O)c1ccccc1. The predicted octanol–water partition coefficient (Wildman–Crippen LogP) is 5.29. The fraction of sp³-hybridized carbons (Fsp3) is 0.167. The summed E-state index contributed by atoms with van der Waals surface area (Å²) in [5.41, 5.74) is 1.40. The summed E-state index contributed by atoms with van der Waals surface area (Å²) in [6.07, 6.45) is -4.42. The van der Waals surface area contributed by atoms with Crippen LogP contribution in [-0.2, 0) is 17.5 Å². The highest BCUT2D eigenvalue weighted by atomic mass is 19.4. The fourth-order valence-electron chi connectivity index (χ4n) is 3.71. The van der Waals surface area contributed by atoms with Crippen molar-refractivity contribution in [2.45, 2.75) is 25.7 Å². The first kappa shape index (κ1) is 20.7. The minimum Gasteiger partial charge on any atom is -0.304 e. The summed E-state index contributed by atoms with van der Waals surface area (Å²) in [6, 6.07) is 19.7. The Morgan fingerprint density at radius 1 is 0.871 bits per heavy atom. The van der Waals surface area contributed by atoms with Gasteiger partial charge in [-0.1, -0.05) is 42.5 Å². The molecule has 0 fully saturated rings. The van der Waals surface area contributed by atoms with Crippen molar-refractivity contribution in [1.82, 2.24) is 0 Å². The van der Waals surface area contributed by atoms with Crippen LogP contribution in [0.2, 0.25) is 0 Å². The van der Waals surface area contributed by atoms with Gasteiger partial charge >= 0.3 is 6.18 Å². The molecule has 1 heterocycles. The van der Waals surface area contributed by atoms with Gasteiger partial charge in [0.05, 0.1) is 23.5 Å². The van der Waals surface area contributed by atoms with Crippen LogP contribution < -0.4 is 9.80 Å². The molecule has 2 amide bonds. The molecule has 4 nitrogen and oxygen atoms in total. The van der Waals surface area contributed by atoms with Gasteiger partial charge in [0, 0.05) is 5.56 Å². The summed E-state index contributed by atoms with van der Waals surface area (Å²) in [4.78, 5) is 29.4. The highest BCUT2D eigenvalue weighted by molar-refractivity contribution is 6.17. The summed E-state index contributed by atoms with van der Waals surface area (Å²) >= 11 is 0. The summed E-state index contributed by atoms with van der Waals surface area (Å²) in [7, 11) is 0. The maximum atomic E-state index is 13.2. The normalized spacial score (nSPS) is 16.3. The molecule has 0 aromatic heterocycles. The van der Waals surface area contributed by atoms with Gasteiger partial charge in [-0.2, -0.15) is 13.2 Å². The Morgan fingerprint density at radius 3 is 2.06 bits per heavy atom. The predicted molar refractivity (Wildman–Crippen MR) is 112 cm³/mol. The summed E-state index contributed by atoms with van der Waals surface area (Å²) < 4.78 is 38.5. The molecule has 1 atom stereocenters. The average Bonchev–Trinajstić information content (AvgIpc) is 2.77. The lowest BCUT2D eigenvalue weighted by Gasteiger charge is -2.40. The van der Waals surface area contributed by atoms with Gasteiger partial charge < -0.3 is 4.90 Å². The van der Waals surface area contributed by atoms with Crippen molar-refractivity contribution in [2.24, 2.45) is 0 Å². The van der Waals surface area contributed by atoms with Gasteiger partial charge in [0.2, 0.25) is 5.91 Å². The van der Waals surface area contributed by atoms with Gasteiger partial charge in [0.15, 0.2) is 0 Å². The van der Waals surface area contributed by atoms with Crippen LogP contribution in [0.4, 0.5) is 24.5 Å². The first-order valence-electron chi connectivity index (χ1n) is 9.72. The first-order valence-corrected chi connectivity index (χ1v) is 9.72. The second-order valence-corrected chi connectivity index (χ2v) is 7.32. The number of anilines is 2. The highest BCUT2D eigenvalue weighted by Gasteiger charge is 2.39. The number of benzene rings is 3. The standard InChI is InChI=1S/C24H19F3N2O2/c1-16-22(30)28(15-17-11-13-19(14-12-17)24(25,26)27)20-9-5-6-10-21(20)29(16)23(31)18-7-3-2-4-8-18/h2-14,16H,15H2,1H3/t16-/m0/s1. The fourth-order valence-corrected chi connectivity index (χ4v) is 3.71. The van der Waals surface area contributed by atoms with Crippen molar-refractivity contribution >= 4 is 23.2 Å². The van der Waals surface area contributed by atoms with E-state index in [2.05, 4.69) is 0 Å². The van der Waals surface area contributed by atoms with Gasteiger partial charge in [-0.05, 0) is 48.9 Å². The molecular formula is C24H19F3N2O2. The van der Waals surface area contributed by atoms with E-state index in [0.29, 0.717) is 22.5 Å². The maximum Gasteiger partial charge on any atom is 0.416 e. The van der Waals surface area contributed by atoms with Gasteiger partial charge in [0.1, 0.15) is 6.04 Å². The Morgan fingerprint density at radius 2 is 1.45 bits per heavy atom. The zero-order valence-electron chi connectivity index (χ0n) is 16.6. The number of nitrogens with zero attached hydrogens (tertiary/aromatic N) is 2. The van der Waals surface area contributed by atoms with Crippen LogP contribution in [-0.4, -0.2) is 17.9 Å². The van der Waals surface area contributed by atoms with E-state index in [4.69, 9.17) is 0 Å². The third kappa shape index (κ3) is 3.91. The van der Waals surface area contributed by atoms with Crippen molar-refractivity contribution in [1.29, 1.82) is 0 Å². The number of hydrogen-bond acceptors (Lipinski definition) is 2. The summed E-state index contributed by atoms with van der Waals surface area (Å²) in [6.45, 7) is 1.75. The van der Waals surface area contributed by atoms with Gasteiger partial charge in [-0.15, -0.1) is 0 Å². The van der Waals surface area contributed by atoms with Crippen LogP contribution in [0.1, 0.15) is 28.4 Å². The number of hydrogen-bond donors (Lipinski definition) is 0. The van der Waals surface area contributed by atoms with E-state index in [9.17, 15) is 22.8 Å². The van der Waals surface area contributed by atoms with Crippen molar-refractivity contribution in [3.63, 3.8) is 0 Å². The smallest absolute Gasteiger partial charge is 0.304 e. The lowest BCUT2D eigenvalue weighted by Crippen LogP contribution is -2.54. The summed E-state index contributed by atoms with van der Waals surface area (Å²) in [5.74, 6) is -0.592. The number of carbonyl (C=O) groups is 2. The van der Waals surface area contributed by atoms with E-state index >= 15 is 0 Å².